The molecule has 6 rings (SSSR count). The number of aromatic nitrogens is 1. The Morgan fingerprint density at radius 3 is 1.98 bits per heavy atom. The molecule has 0 unspecified atom stereocenters. The van der Waals surface area contributed by atoms with Gasteiger partial charge in [0.2, 0.25) is 0 Å². The normalized spacial score (nSPS) is 15.5. The van der Waals surface area contributed by atoms with Gasteiger partial charge in [0.05, 0.1) is 49.2 Å². The topological polar surface area (TPSA) is 91.8 Å². The van der Waals surface area contributed by atoms with Crippen molar-refractivity contribution in [1.29, 1.82) is 0 Å². The van der Waals surface area contributed by atoms with Crippen LogP contribution in [0.2, 0.25) is 0 Å². The van der Waals surface area contributed by atoms with E-state index in [9.17, 15) is 14.4 Å². The third-order valence-corrected chi connectivity index (χ3v) is 9.20. The number of nitrogens with zero attached hydrogens (tertiary/aromatic N) is 4. The predicted octanol–water partition coefficient (Wildman–Crippen LogP) is 5.82. The Morgan fingerprint density at radius 2 is 1.38 bits per heavy atom. The van der Waals surface area contributed by atoms with Gasteiger partial charge >= 0.3 is 6.09 Å². The summed E-state index contributed by atoms with van der Waals surface area (Å²) in [5.41, 5.74) is 5.04. The van der Waals surface area contributed by atoms with Crippen molar-refractivity contribution in [3.05, 3.63) is 137 Å². The van der Waals surface area contributed by atoms with Gasteiger partial charge in [0.1, 0.15) is 12.6 Å². The first kappa shape index (κ1) is 33.1. The van der Waals surface area contributed by atoms with E-state index in [1.807, 2.05) is 60.7 Å². The van der Waals surface area contributed by atoms with Crippen molar-refractivity contribution in [2.24, 2.45) is 0 Å². The number of amides is 3. The van der Waals surface area contributed by atoms with E-state index in [2.05, 4.69) is 42.5 Å². The highest BCUT2D eigenvalue weighted by atomic mass is 16.6. The number of hydrogen-bond acceptors (Lipinski definition) is 6. The summed E-state index contributed by atoms with van der Waals surface area (Å²) in [6.07, 6.45) is 1.72. The second kappa shape index (κ2) is 14.9. The molecular formula is C39H44N5O4+. The second-order valence-corrected chi connectivity index (χ2v) is 13.4. The summed E-state index contributed by atoms with van der Waals surface area (Å²) in [4.78, 5) is 47.2. The molecule has 3 heterocycles. The van der Waals surface area contributed by atoms with E-state index >= 15 is 0 Å². The molecule has 4 aromatic rings. The number of piperidine rings is 1. The Balaban J connectivity index is 0.953. The Kier molecular flexibility index (Phi) is 10.3. The van der Waals surface area contributed by atoms with Gasteiger partial charge in [-0.15, -0.1) is 0 Å². The third kappa shape index (κ3) is 8.16. The van der Waals surface area contributed by atoms with E-state index in [1.165, 1.54) is 4.90 Å². The highest BCUT2D eigenvalue weighted by Crippen LogP contribution is 2.24. The van der Waals surface area contributed by atoms with Crippen molar-refractivity contribution < 1.29 is 23.6 Å². The Hall–Kier alpha value is -4.86. The molecule has 3 amide bonds. The van der Waals surface area contributed by atoms with Crippen LogP contribution in [0.5, 0.6) is 0 Å². The minimum atomic E-state index is -0.398. The fraction of sp³-hybridized carbons (Fsp3) is 0.333. The fourth-order valence-corrected chi connectivity index (χ4v) is 6.69. The number of rotatable bonds is 12. The van der Waals surface area contributed by atoms with Gasteiger partial charge in [-0.3, -0.25) is 24.4 Å². The molecule has 1 N–H and O–H groups in total. The average molecular weight is 647 g/mol. The van der Waals surface area contributed by atoms with Crippen LogP contribution in [0.4, 0.5) is 4.79 Å². The first-order valence-corrected chi connectivity index (χ1v) is 16.8. The van der Waals surface area contributed by atoms with E-state index in [-0.39, 0.29) is 24.0 Å². The number of benzene rings is 3. The van der Waals surface area contributed by atoms with E-state index < -0.39 is 6.09 Å². The zero-order valence-electron chi connectivity index (χ0n) is 27.8. The van der Waals surface area contributed by atoms with Crippen LogP contribution >= 0.6 is 0 Å². The lowest BCUT2D eigenvalue weighted by Crippen LogP contribution is -2.42. The van der Waals surface area contributed by atoms with Crippen LogP contribution in [0.3, 0.4) is 0 Å². The number of alkyl carbamates (subject to hydrolysis) is 1. The molecule has 2 aliphatic rings. The van der Waals surface area contributed by atoms with Crippen LogP contribution in [0.1, 0.15) is 68.5 Å². The van der Waals surface area contributed by atoms with E-state index in [0.29, 0.717) is 28.6 Å². The molecule has 1 saturated heterocycles. The van der Waals surface area contributed by atoms with Crippen molar-refractivity contribution in [2.75, 3.05) is 40.3 Å². The minimum absolute atomic E-state index is 0.133. The first-order valence-electron chi connectivity index (χ1n) is 16.8. The molecule has 1 aromatic heterocycles. The zero-order valence-corrected chi connectivity index (χ0v) is 27.8. The van der Waals surface area contributed by atoms with Gasteiger partial charge < -0.3 is 14.5 Å². The lowest BCUT2D eigenvalue weighted by molar-refractivity contribution is -0.904. The van der Waals surface area contributed by atoms with Gasteiger partial charge in [0, 0.05) is 32.6 Å². The Morgan fingerprint density at radius 1 is 0.812 bits per heavy atom. The molecule has 248 valence electrons. The number of likely N-dealkylation sites (tertiary alicyclic amines) is 1. The molecule has 0 radical (unpaired) electrons. The van der Waals surface area contributed by atoms with Crippen LogP contribution in [0.15, 0.2) is 103 Å². The summed E-state index contributed by atoms with van der Waals surface area (Å²) in [6, 6.07) is 32.8. The maximum Gasteiger partial charge on any atom is 0.408 e. The molecule has 3 aromatic carbocycles. The summed E-state index contributed by atoms with van der Waals surface area (Å²) in [5, 5.41) is 3.09. The molecule has 48 heavy (non-hydrogen) atoms. The highest BCUT2D eigenvalue weighted by molar-refractivity contribution is 6.21. The Bertz CT molecular complexity index is 1650. The first-order chi connectivity index (χ1) is 23.3. The van der Waals surface area contributed by atoms with Gasteiger partial charge in [-0.05, 0) is 48.2 Å². The van der Waals surface area contributed by atoms with Gasteiger partial charge in [0.25, 0.3) is 11.8 Å². The molecular weight excluding hydrogens is 602 g/mol. The van der Waals surface area contributed by atoms with Crippen LogP contribution in [-0.4, -0.2) is 83.6 Å². The molecule has 2 aliphatic heterocycles. The van der Waals surface area contributed by atoms with Crippen molar-refractivity contribution in [3.8, 4) is 0 Å². The number of pyridine rings is 1. The second-order valence-electron chi connectivity index (χ2n) is 13.4. The highest BCUT2D eigenvalue weighted by Gasteiger charge is 2.35. The van der Waals surface area contributed by atoms with Gasteiger partial charge in [-0.2, -0.15) is 0 Å². The van der Waals surface area contributed by atoms with Crippen LogP contribution in [0, 0.1) is 0 Å². The zero-order chi connectivity index (χ0) is 33.5. The standard InChI is InChI=1S/C39H43N5O4/c1-44(2,26-12-23-43-37(45)34-19-9-10-20-35(34)38(43)46)28-32-18-11-17-31(40-32)27-42-24-21-33(22-25-42)48-39(47)41-36(29-13-5-3-6-14-29)30-15-7-4-8-16-30/h3-11,13-20,33,36H,12,21-28H2,1-2H3/p+1. The van der Waals surface area contributed by atoms with E-state index in [4.69, 9.17) is 9.72 Å². The number of carbonyl (C=O) groups is 3. The van der Waals surface area contributed by atoms with Gasteiger partial charge in [0.15, 0.2) is 0 Å². The Labute approximate surface area is 282 Å². The van der Waals surface area contributed by atoms with Crippen LogP contribution < -0.4 is 5.32 Å². The molecule has 9 heteroatoms. The molecule has 0 aliphatic carbocycles. The summed E-state index contributed by atoms with van der Waals surface area (Å²) in [5.74, 6) is -0.400. The number of nitrogens with one attached hydrogen (secondary N) is 1. The van der Waals surface area contributed by atoms with Gasteiger partial charge in [-0.1, -0.05) is 78.9 Å². The van der Waals surface area contributed by atoms with Crippen LogP contribution in [0.25, 0.3) is 0 Å². The maximum absolute atomic E-state index is 13.0. The summed E-state index contributed by atoms with van der Waals surface area (Å²) in [7, 11) is 4.30. The fourth-order valence-electron chi connectivity index (χ4n) is 6.69. The minimum Gasteiger partial charge on any atom is -0.446 e. The summed E-state index contributed by atoms with van der Waals surface area (Å²) in [6.45, 7) is 4.34. The lowest BCUT2D eigenvalue weighted by atomic mass is 9.99. The van der Waals surface area contributed by atoms with E-state index in [1.54, 1.807) is 24.3 Å². The summed E-state index contributed by atoms with van der Waals surface area (Å²) >= 11 is 0. The van der Waals surface area contributed by atoms with Crippen molar-refractivity contribution in [3.63, 3.8) is 0 Å². The number of carbonyl (C=O) groups excluding carboxylic acids is 3. The van der Waals surface area contributed by atoms with Crippen molar-refractivity contribution in [2.45, 2.75) is 44.5 Å². The van der Waals surface area contributed by atoms with Crippen molar-refractivity contribution >= 4 is 17.9 Å². The third-order valence-electron chi connectivity index (χ3n) is 9.20. The lowest BCUT2D eigenvalue weighted by Gasteiger charge is -2.32. The number of ether oxygens (including phenoxy) is 1. The molecule has 0 atom stereocenters. The SMILES string of the molecule is C[N+](C)(CCCN1C(=O)c2ccccc2C1=O)Cc1cccc(CN2CCC(OC(=O)NC(c3ccccc3)c3ccccc3)CC2)n1. The molecule has 9 nitrogen and oxygen atoms in total. The molecule has 0 bridgehead atoms. The van der Waals surface area contributed by atoms with Crippen molar-refractivity contribution in [1.82, 2.24) is 20.1 Å². The molecule has 1 fully saturated rings. The molecule has 0 saturated carbocycles. The summed E-state index contributed by atoms with van der Waals surface area (Å²) < 4.78 is 6.59. The molecule has 0 spiro atoms. The monoisotopic (exact) mass is 646 g/mol. The predicted molar refractivity (Wildman–Crippen MR) is 184 cm³/mol. The number of hydrogen-bond donors (Lipinski definition) is 1. The van der Waals surface area contributed by atoms with Crippen LogP contribution in [-0.2, 0) is 17.8 Å². The average Bonchev–Trinajstić information content (AvgIpc) is 3.33. The quantitative estimate of drug-likeness (QED) is 0.154. The maximum atomic E-state index is 13.0. The number of quaternary nitrogens is 1. The van der Waals surface area contributed by atoms with Gasteiger partial charge in [-0.25, -0.2) is 4.79 Å². The number of imide groups is 1. The number of fused-ring (bicyclic) bond motifs is 1. The smallest absolute Gasteiger partial charge is 0.408 e. The van der Waals surface area contributed by atoms with E-state index in [0.717, 1.165) is 68.1 Å². The largest absolute Gasteiger partial charge is 0.446 e.